The minimum absolute atomic E-state index is 0.362. The van der Waals surface area contributed by atoms with Gasteiger partial charge in [-0.3, -0.25) is 4.79 Å². The fourth-order valence-electron chi connectivity index (χ4n) is 1.94. The minimum Gasteiger partial charge on any atom is -0.270 e. The van der Waals surface area contributed by atoms with E-state index < -0.39 is 0 Å². The molecule has 108 valence electrons. The lowest BCUT2D eigenvalue weighted by atomic mass is 10.1. The molecule has 0 spiro atoms. The average Bonchev–Trinajstić information content (AvgIpc) is 2.59. The summed E-state index contributed by atoms with van der Waals surface area (Å²) in [6.07, 6.45) is 1.99. The Bertz CT molecular complexity index is 690. The molecule has 0 bridgehead atoms. The lowest BCUT2D eigenvalue weighted by Gasteiger charge is -1.94. The molecule has 0 aliphatic heterocycles. The topological polar surface area (TPSA) is 17.1 Å². The molecule has 1 nitrogen and oxygen atoms in total. The van der Waals surface area contributed by atoms with E-state index in [1.54, 1.807) is 0 Å². The lowest BCUT2D eigenvalue weighted by Crippen LogP contribution is -1.88. The van der Waals surface area contributed by atoms with E-state index in [-0.39, 0.29) is 5.78 Å². The summed E-state index contributed by atoms with van der Waals surface area (Å²) in [6.45, 7) is 4.21. The zero-order valence-corrected chi connectivity index (χ0v) is 12.9. The normalized spacial score (nSPS) is 9.18. The predicted octanol–water partition coefficient (Wildman–Crippen LogP) is 3.78. The SMILES string of the molecule is CCc1ccc(C#CC(=O)C#Cc2ccc(CC)cc2)cc1. The highest BCUT2D eigenvalue weighted by Crippen LogP contribution is 2.04. The van der Waals surface area contributed by atoms with E-state index in [9.17, 15) is 4.79 Å². The maximum absolute atomic E-state index is 11.7. The van der Waals surface area contributed by atoms with Crippen molar-refractivity contribution in [2.45, 2.75) is 26.7 Å². The monoisotopic (exact) mass is 286 g/mol. The van der Waals surface area contributed by atoms with Gasteiger partial charge < -0.3 is 0 Å². The number of benzene rings is 2. The Hall–Kier alpha value is -2.77. The standard InChI is InChI=1S/C21H18O/c1-3-17-5-9-19(10-6-17)13-15-21(22)16-14-20-11-7-18(4-2)8-12-20/h5-12H,3-4H2,1-2H3. The van der Waals surface area contributed by atoms with E-state index in [1.807, 2.05) is 48.5 Å². The number of aryl methyl sites for hydroxylation is 2. The second-order valence-electron chi connectivity index (χ2n) is 4.93. The second-order valence-corrected chi connectivity index (χ2v) is 4.93. The maximum Gasteiger partial charge on any atom is 0.279 e. The molecule has 0 aromatic heterocycles. The van der Waals surface area contributed by atoms with Crippen LogP contribution >= 0.6 is 0 Å². The molecule has 1 heteroatoms. The molecule has 0 amide bonds. The molecule has 0 saturated heterocycles. The summed E-state index contributed by atoms with van der Waals surface area (Å²) < 4.78 is 0. The van der Waals surface area contributed by atoms with Gasteiger partial charge in [0.2, 0.25) is 0 Å². The van der Waals surface area contributed by atoms with E-state index in [2.05, 4.69) is 37.5 Å². The molecule has 2 aromatic rings. The molecule has 0 atom stereocenters. The Kier molecular flexibility index (Phi) is 5.58. The number of ketones is 1. The van der Waals surface area contributed by atoms with Crippen LogP contribution in [-0.2, 0) is 17.6 Å². The van der Waals surface area contributed by atoms with Crippen LogP contribution in [0.1, 0.15) is 36.1 Å². The number of carbonyl (C=O) groups excluding carboxylic acids is 1. The summed E-state index contributed by atoms with van der Waals surface area (Å²) in [5, 5.41) is 0. The lowest BCUT2D eigenvalue weighted by molar-refractivity contribution is -0.108. The summed E-state index contributed by atoms with van der Waals surface area (Å²) in [5.41, 5.74) is 4.18. The summed E-state index contributed by atoms with van der Waals surface area (Å²) >= 11 is 0. The van der Waals surface area contributed by atoms with E-state index in [1.165, 1.54) is 11.1 Å². The van der Waals surface area contributed by atoms with Gasteiger partial charge in [0, 0.05) is 11.1 Å². The van der Waals surface area contributed by atoms with Crippen LogP contribution in [0.2, 0.25) is 0 Å². The zero-order chi connectivity index (χ0) is 15.8. The zero-order valence-electron chi connectivity index (χ0n) is 12.9. The van der Waals surface area contributed by atoms with Crippen molar-refractivity contribution in [1.82, 2.24) is 0 Å². The largest absolute Gasteiger partial charge is 0.279 e. The van der Waals surface area contributed by atoms with Crippen LogP contribution in [0, 0.1) is 23.7 Å². The smallest absolute Gasteiger partial charge is 0.270 e. The molecule has 0 aliphatic rings. The Morgan fingerprint density at radius 3 is 1.41 bits per heavy atom. The molecule has 0 aliphatic carbocycles. The van der Waals surface area contributed by atoms with Crippen molar-refractivity contribution in [1.29, 1.82) is 0 Å². The fourth-order valence-corrected chi connectivity index (χ4v) is 1.94. The number of hydrogen-bond acceptors (Lipinski definition) is 1. The first kappa shape index (κ1) is 15.6. The van der Waals surface area contributed by atoms with Gasteiger partial charge in [0.25, 0.3) is 5.78 Å². The molecule has 2 rings (SSSR count). The van der Waals surface area contributed by atoms with Gasteiger partial charge in [-0.05, 0) is 60.1 Å². The molecule has 0 unspecified atom stereocenters. The maximum atomic E-state index is 11.7. The van der Waals surface area contributed by atoms with Gasteiger partial charge in [-0.15, -0.1) is 0 Å². The van der Waals surface area contributed by atoms with Crippen LogP contribution in [0.4, 0.5) is 0 Å². The van der Waals surface area contributed by atoms with Crippen LogP contribution in [0.15, 0.2) is 48.5 Å². The Morgan fingerprint density at radius 2 is 1.09 bits per heavy atom. The van der Waals surface area contributed by atoms with Gasteiger partial charge in [-0.2, -0.15) is 0 Å². The summed E-state index contributed by atoms with van der Waals surface area (Å²) in [4.78, 5) is 11.7. The highest BCUT2D eigenvalue weighted by atomic mass is 16.1. The molecular weight excluding hydrogens is 268 g/mol. The highest BCUT2D eigenvalue weighted by Gasteiger charge is 1.92. The van der Waals surface area contributed by atoms with Crippen molar-refractivity contribution < 1.29 is 4.79 Å². The van der Waals surface area contributed by atoms with Gasteiger partial charge in [-0.25, -0.2) is 0 Å². The highest BCUT2D eigenvalue weighted by molar-refractivity contribution is 6.09. The van der Waals surface area contributed by atoms with Crippen LogP contribution in [0.3, 0.4) is 0 Å². The molecular formula is C21H18O. The van der Waals surface area contributed by atoms with Gasteiger partial charge in [-0.1, -0.05) is 50.0 Å². The number of rotatable bonds is 2. The average molecular weight is 286 g/mol. The van der Waals surface area contributed by atoms with E-state index in [0.29, 0.717) is 0 Å². The first-order chi connectivity index (χ1) is 10.7. The molecule has 0 saturated carbocycles. The fraction of sp³-hybridized carbons (Fsp3) is 0.190. The first-order valence-corrected chi connectivity index (χ1v) is 7.47. The second kappa shape index (κ2) is 7.87. The van der Waals surface area contributed by atoms with Gasteiger partial charge >= 0.3 is 0 Å². The quantitative estimate of drug-likeness (QED) is 0.768. The van der Waals surface area contributed by atoms with Gasteiger partial charge in [0.05, 0.1) is 0 Å². The van der Waals surface area contributed by atoms with E-state index >= 15 is 0 Å². The van der Waals surface area contributed by atoms with Crippen LogP contribution in [0.5, 0.6) is 0 Å². The van der Waals surface area contributed by atoms with Crippen molar-refractivity contribution in [3.63, 3.8) is 0 Å². The molecule has 0 fully saturated rings. The number of Topliss-reactive ketones (excluding diaryl/α,β-unsaturated/α-hetero) is 1. The van der Waals surface area contributed by atoms with Crippen molar-refractivity contribution in [3.05, 3.63) is 70.8 Å². The van der Waals surface area contributed by atoms with Crippen molar-refractivity contribution in [2.24, 2.45) is 0 Å². The predicted molar refractivity (Wildman–Crippen MR) is 90.4 cm³/mol. The summed E-state index contributed by atoms with van der Waals surface area (Å²) in [6, 6.07) is 15.8. The minimum atomic E-state index is -0.362. The van der Waals surface area contributed by atoms with Crippen LogP contribution in [-0.4, -0.2) is 5.78 Å². The van der Waals surface area contributed by atoms with E-state index in [0.717, 1.165) is 24.0 Å². The summed E-state index contributed by atoms with van der Waals surface area (Å²) in [5.74, 6) is 10.5. The Balaban J connectivity index is 2.03. The third kappa shape index (κ3) is 4.65. The molecule has 22 heavy (non-hydrogen) atoms. The van der Waals surface area contributed by atoms with Crippen LogP contribution in [0.25, 0.3) is 0 Å². The van der Waals surface area contributed by atoms with E-state index in [4.69, 9.17) is 0 Å². The third-order valence-electron chi connectivity index (χ3n) is 3.37. The number of carbonyl (C=O) groups is 1. The molecule has 0 N–H and O–H groups in total. The number of hydrogen-bond donors (Lipinski definition) is 0. The Morgan fingerprint density at radius 1 is 0.727 bits per heavy atom. The van der Waals surface area contributed by atoms with Crippen molar-refractivity contribution >= 4 is 5.78 Å². The first-order valence-electron chi connectivity index (χ1n) is 7.47. The van der Waals surface area contributed by atoms with Crippen LogP contribution < -0.4 is 0 Å². The summed E-state index contributed by atoms with van der Waals surface area (Å²) in [7, 11) is 0. The van der Waals surface area contributed by atoms with Crippen molar-refractivity contribution in [3.8, 4) is 23.7 Å². The van der Waals surface area contributed by atoms with Crippen molar-refractivity contribution in [2.75, 3.05) is 0 Å². The molecule has 2 aromatic carbocycles. The molecule has 0 heterocycles. The Labute approximate surface area is 132 Å². The van der Waals surface area contributed by atoms with Gasteiger partial charge in [0.1, 0.15) is 0 Å². The molecule has 0 radical (unpaired) electrons. The third-order valence-corrected chi connectivity index (χ3v) is 3.37. The van der Waals surface area contributed by atoms with Gasteiger partial charge in [0.15, 0.2) is 0 Å².